The van der Waals surface area contributed by atoms with Crippen LogP contribution in [0.15, 0.2) is 27.4 Å². The Morgan fingerprint density at radius 1 is 1.32 bits per heavy atom. The number of carbonyl (C=O) groups is 1. The highest BCUT2D eigenvalue weighted by Crippen LogP contribution is 2.20. The molecule has 1 saturated heterocycles. The fraction of sp³-hybridized carbons (Fsp3) is 0.429. The zero-order chi connectivity index (χ0) is 15.7. The fourth-order valence-corrected chi connectivity index (χ4v) is 2.64. The van der Waals surface area contributed by atoms with Crippen molar-refractivity contribution in [3.8, 4) is 0 Å². The summed E-state index contributed by atoms with van der Waals surface area (Å²) in [5, 5.41) is 19.2. The highest BCUT2D eigenvalue weighted by atomic mass is 16.4. The summed E-state index contributed by atoms with van der Waals surface area (Å²) in [7, 11) is 0. The number of fused-ring (bicyclic) bond motifs is 1. The third-order valence-corrected chi connectivity index (χ3v) is 3.90. The van der Waals surface area contributed by atoms with Gasteiger partial charge in [-0.3, -0.25) is 9.88 Å². The Bertz CT molecular complexity index is 729. The van der Waals surface area contributed by atoms with Crippen LogP contribution in [0, 0.1) is 0 Å². The predicted octanol–water partition coefficient (Wildman–Crippen LogP) is 0.450. The number of aromatic amines is 1. The van der Waals surface area contributed by atoms with Crippen LogP contribution >= 0.6 is 0 Å². The van der Waals surface area contributed by atoms with Gasteiger partial charge in [-0.2, -0.15) is 0 Å². The van der Waals surface area contributed by atoms with Gasteiger partial charge in [0.1, 0.15) is 0 Å². The zero-order valence-corrected chi connectivity index (χ0v) is 11.9. The van der Waals surface area contributed by atoms with E-state index in [0.717, 1.165) is 0 Å². The van der Waals surface area contributed by atoms with Crippen LogP contribution in [0.4, 0.5) is 4.79 Å². The van der Waals surface area contributed by atoms with Crippen molar-refractivity contribution in [2.75, 3.05) is 32.7 Å². The Kier molecular flexibility index (Phi) is 3.86. The number of piperazine rings is 1. The summed E-state index contributed by atoms with van der Waals surface area (Å²) in [4.78, 5) is 27.9. The molecule has 1 atom stereocenters. The van der Waals surface area contributed by atoms with Crippen molar-refractivity contribution in [1.82, 2.24) is 14.8 Å². The molecule has 118 valence electrons. The number of aliphatic hydroxyl groups is 1. The minimum absolute atomic E-state index is 0.410. The molecule has 1 aromatic heterocycles. The number of nitrogens with one attached hydrogen (secondary N) is 1. The number of carboxylic acid groups (broad SMARTS) is 1. The molecular weight excluding hydrogens is 290 g/mol. The van der Waals surface area contributed by atoms with E-state index in [0.29, 0.717) is 49.4 Å². The molecule has 2 aromatic rings. The van der Waals surface area contributed by atoms with Crippen molar-refractivity contribution in [1.29, 1.82) is 0 Å². The Balaban J connectivity index is 1.64. The molecule has 0 aliphatic carbocycles. The van der Waals surface area contributed by atoms with Crippen molar-refractivity contribution < 1.29 is 19.4 Å². The number of oxazole rings is 1. The molecule has 22 heavy (non-hydrogen) atoms. The molecule has 8 nitrogen and oxygen atoms in total. The molecule has 1 amide bonds. The first-order valence-corrected chi connectivity index (χ1v) is 7.04. The van der Waals surface area contributed by atoms with E-state index in [1.807, 2.05) is 4.90 Å². The number of aliphatic hydroxyl groups excluding tert-OH is 1. The van der Waals surface area contributed by atoms with Gasteiger partial charge in [0.05, 0.1) is 11.6 Å². The second kappa shape index (κ2) is 5.82. The summed E-state index contributed by atoms with van der Waals surface area (Å²) in [5.41, 5.74) is 1.67. The molecule has 1 aliphatic heterocycles. The molecular formula is C14H17N3O5. The van der Waals surface area contributed by atoms with Gasteiger partial charge in [0.2, 0.25) is 0 Å². The maximum absolute atomic E-state index is 11.1. The molecule has 0 saturated carbocycles. The number of hydrogen-bond donors (Lipinski definition) is 3. The minimum atomic E-state index is -0.909. The van der Waals surface area contributed by atoms with Gasteiger partial charge < -0.3 is 19.5 Å². The Hall–Kier alpha value is -2.32. The first-order valence-electron chi connectivity index (χ1n) is 7.04. The minimum Gasteiger partial charge on any atom is -0.465 e. The molecule has 3 rings (SSSR count). The van der Waals surface area contributed by atoms with Crippen LogP contribution in [0.25, 0.3) is 11.1 Å². The van der Waals surface area contributed by atoms with Gasteiger partial charge in [0, 0.05) is 32.7 Å². The SMILES string of the molecule is O=C(O)N1CCN(CC(O)c2ccc3[nH]c(=O)oc3c2)CC1. The monoisotopic (exact) mass is 307 g/mol. The smallest absolute Gasteiger partial charge is 0.417 e. The first kappa shape index (κ1) is 14.6. The predicted molar refractivity (Wildman–Crippen MR) is 77.8 cm³/mol. The van der Waals surface area contributed by atoms with E-state index in [-0.39, 0.29) is 0 Å². The van der Waals surface area contributed by atoms with Gasteiger partial charge in [-0.05, 0) is 17.7 Å². The van der Waals surface area contributed by atoms with Crippen LogP contribution < -0.4 is 5.76 Å². The summed E-state index contributed by atoms with van der Waals surface area (Å²) < 4.78 is 4.98. The Labute approximate surface area is 125 Å². The molecule has 2 heterocycles. The molecule has 1 fully saturated rings. The summed E-state index contributed by atoms with van der Waals surface area (Å²) in [6, 6.07) is 5.08. The van der Waals surface area contributed by atoms with E-state index in [1.165, 1.54) is 4.90 Å². The van der Waals surface area contributed by atoms with Gasteiger partial charge in [-0.25, -0.2) is 9.59 Å². The van der Waals surface area contributed by atoms with E-state index < -0.39 is 18.0 Å². The van der Waals surface area contributed by atoms with Crippen LogP contribution in [0.3, 0.4) is 0 Å². The lowest BCUT2D eigenvalue weighted by atomic mass is 10.1. The molecule has 1 aromatic carbocycles. The van der Waals surface area contributed by atoms with Crippen LogP contribution in [-0.4, -0.2) is 63.8 Å². The lowest BCUT2D eigenvalue weighted by Crippen LogP contribution is -2.49. The molecule has 1 aliphatic rings. The average Bonchev–Trinajstić information content (AvgIpc) is 2.86. The van der Waals surface area contributed by atoms with E-state index >= 15 is 0 Å². The number of benzene rings is 1. The Morgan fingerprint density at radius 3 is 2.73 bits per heavy atom. The van der Waals surface area contributed by atoms with Crippen LogP contribution in [-0.2, 0) is 0 Å². The lowest BCUT2D eigenvalue weighted by Gasteiger charge is -2.34. The van der Waals surface area contributed by atoms with E-state index in [2.05, 4.69) is 4.98 Å². The molecule has 8 heteroatoms. The second-order valence-electron chi connectivity index (χ2n) is 5.36. The molecule has 0 radical (unpaired) electrons. The van der Waals surface area contributed by atoms with Gasteiger partial charge in [0.15, 0.2) is 5.58 Å². The van der Waals surface area contributed by atoms with E-state index in [1.54, 1.807) is 18.2 Å². The summed E-state index contributed by atoms with van der Waals surface area (Å²) in [6.07, 6.45) is -1.63. The van der Waals surface area contributed by atoms with Gasteiger partial charge >= 0.3 is 11.8 Å². The van der Waals surface area contributed by atoms with Crippen LogP contribution in [0.1, 0.15) is 11.7 Å². The zero-order valence-electron chi connectivity index (χ0n) is 11.9. The van der Waals surface area contributed by atoms with Gasteiger partial charge in [0.25, 0.3) is 0 Å². The largest absolute Gasteiger partial charge is 0.465 e. The summed E-state index contributed by atoms with van der Waals surface area (Å²) >= 11 is 0. The summed E-state index contributed by atoms with van der Waals surface area (Å²) in [5.74, 6) is -0.522. The fourth-order valence-electron chi connectivity index (χ4n) is 2.64. The topological polar surface area (TPSA) is 110 Å². The van der Waals surface area contributed by atoms with Crippen molar-refractivity contribution in [2.24, 2.45) is 0 Å². The number of amides is 1. The third kappa shape index (κ3) is 2.97. The summed E-state index contributed by atoms with van der Waals surface area (Å²) in [6.45, 7) is 2.46. The van der Waals surface area contributed by atoms with Crippen LogP contribution in [0.2, 0.25) is 0 Å². The van der Waals surface area contributed by atoms with Crippen LogP contribution in [0.5, 0.6) is 0 Å². The third-order valence-electron chi connectivity index (χ3n) is 3.90. The number of aromatic nitrogens is 1. The number of β-amino-alcohol motifs (C(OH)–C–C–N with tert-alkyl or cyclic N) is 1. The number of H-pyrrole nitrogens is 1. The lowest BCUT2D eigenvalue weighted by molar-refractivity contribution is 0.0696. The maximum Gasteiger partial charge on any atom is 0.417 e. The quantitative estimate of drug-likeness (QED) is 0.759. The first-order chi connectivity index (χ1) is 10.5. The van der Waals surface area contributed by atoms with E-state index in [9.17, 15) is 14.7 Å². The number of rotatable bonds is 3. The maximum atomic E-state index is 11.1. The van der Waals surface area contributed by atoms with Gasteiger partial charge in [-0.15, -0.1) is 0 Å². The standard InChI is InChI=1S/C14H17N3O5/c18-11(8-16-3-5-17(6-4-16)14(20)21)9-1-2-10-12(7-9)22-13(19)15-10/h1-2,7,11,18H,3-6,8H2,(H,15,19)(H,20,21). The highest BCUT2D eigenvalue weighted by Gasteiger charge is 2.22. The molecule has 0 bridgehead atoms. The van der Waals surface area contributed by atoms with E-state index in [4.69, 9.17) is 9.52 Å². The molecule has 1 unspecified atom stereocenters. The second-order valence-corrected chi connectivity index (χ2v) is 5.36. The van der Waals surface area contributed by atoms with Crippen molar-refractivity contribution in [3.05, 3.63) is 34.3 Å². The number of hydrogen-bond acceptors (Lipinski definition) is 5. The number of nitrogens with zero attached hydrogens (tertiary/aromatic N) is 2. The molecule has 3 N–H and O–H groups in total. The Morgan fingerprint density at radius 2 is 2.05 bits per heavy atom. The average molecular weight is 307 g/mol. The van der Waals surface area contributed by atoms with Crippen molar-refractivity contribution in [2.45, 2.75) is 6.10 Å². The van der Waals surface area contributed by atoms with Crippen molar-refractivity contribution >= 4 is 17.2 Å². The molecule has 0 spiro atoms. The van der Waals surface area contributed by atoms with Gasteiger partial charge in [-0.1, -0.05) is 6.07 Å². The van der Waals surface area contributed by atoms with Crippen molar-refractivity contribution in [3.63, 3.8) is 0 Å². The normalized spacial score (nSPS) is 17.8. The highest BCUT2D eigenvalue weighted by molar-refractivity contribution is 5.72.